The van der Waals surface area contributed by atoms with E-state index in [1.54, 1.807) is 0 Å². The van der Waals surface area contributed by atoms with E-state index in [1.165, 1.54) is 173 Å². The number of esters is 4. The van der Waals surface area contributed by atoms with Crippen LogP contribution in [0.5, 0.6) is 0 Å². The predicted octanol–water partition coefficient (Wildman–Crippen LogP) is 22.7. The Kier molecular flexibility index (Phi) is 67.5. The summed E-state index contributed by atoms with van der Waals surface area (Å²) in [5, 5.41) is 10.6. The van der Waals surface area contributed by atoms with Crippen molar-refractivity contribution in [3.8, 4) is 0 Å². The smallest absolute Gasteiger partial charge is 0.462 e. The summed E-state index contributed by atoms with van der Waals surface area (Å²) in [6.07, 6.45) is 60.7. The van der Waals surface area contributed by atoms with Crippen molar-refractivity contribution >= 4 is 39.5 Å². The van der Waals surface area contributed by atoms with Crippen molar-refractivity contribution in [2.75, 3.05) is 39.6 Å². The summed E-state index contributed by atoms with van der Waals surface area (Å²) < 4.78 is 68.5. The molecule has 0 rings (SSSR count). The molecule has 0 radical (unpaired) electrons. The topological polar surface area (TPSA) is 237 Å². The molecule has 0 saturated carbocycles. The minimum absolute atomic E-state index is 0.101. The van der Waals surface area contributed by atoms with Crippen LogP contribution in [0, 0.1) is 11.8 Å². The highest BCUT2D eigenvalue weighted by atomic mass is 31.2. The molecule has 97 heavy (non-hydrogen) atoms. The number of hydrogen-bond donors (Lipinski definition) is 3. The molecular formula is C78H148O17P2. The average molecular weight is 1420 g/mol. The maximum absolute atomic E-state index is 13.1. The average Bonchev–Trinajstić information content (AvgIpc) is 1.11. The van der Waals surface area contributed by atoms with Gasteiger partial charge in [-0.2, -0.15) is 0 Å². The Balaban J connectivity index is 5.23. The Morgan fingerprint density at radius 3 is 0.845 bits per heavy atom. The first-order valence-corrected chi connectivity index (χ1v) is 42.8. The number of rotatable bonds is 75. The van der Waals surface area contributed by atoms with Crippen molar-refractivity contribution in [1.29, 1.82) is 0 Å². The fraction of sp³-hybridized carbons (Fsp3) is 0.897. The molecule has 0 aliphatic heterocycles. The van der Waals surface area contributed by atoms with Gasteiger partial charge in [-0.25, -0.2) is 9.13 Å². The number of carbonyl (C=O) groups is 4. The van der Waals surface area contributed by atoms with Crippen molar-refractivity contribution in [1.82, 2.24) is 0 Å². The first-order valence-electron chi connectivity index (χ1n) is 39.8. The summed E-state index contributed by atoms with van der Waals surface area (Å²) in [6.45, 7) is 9.49. The van der Waals surface area contributed by atoms with Gasteiger partial charge in [-0.3, -0.25) is 37.3 Å². The fourth-order valence-corrected chi connectivity index (χ4v) is 13.0. The summed E-state index contributed by atoms with van der Waals surface area (Å²) in [4.78, 5) is 72.8. The van der Waals surface area contributed by atoms with Crippen molar-refractivity contribution in [3.05, 3.63) is 24.3 Å². The second-order valence-corrected chi connectivity index (χ2v) is 31.3. The second kappa shape index (κ2) is 69.3. The molecule has 17 nitrogen and oxygen atoms in total. The van der Waals surface area contributed by atoms with E-state index in [4.69, 9.17) is 37.0 Å². The van der Waals surface area contributed by atoms with Gasteiger partial charge in [0.2, 0.25) is 0 Å². The van der Waals surface area contributed by atoms with Crippen molar-refractivity contribution in [3.63, 3.8) is 0 Å². The van der Waals surface area contributed by atoms with Gasteiger partial charge in [0.05, 0.1) is 26.4 Å². The largest absolute Gasteiger partial charge is 0.472 e. The monoisotopic (exact) mass is 1420 g/mol. The van der Waals surface area contributed by atoms with Gasteiger partial charge in [0, 0.05) is 25.7 Å². The third-order valence-electron chi connectivity index (χ3n) is 17.6. The number of phosphoric ester groups is 2. The summed E-state index contributed by atoms with van der Waals surface area (Å²) in [6, 6.07) is 0. The van der Waals surface area contributed by atoms with Crippen LogP contribution in [0.2, 0.25) is 0 Å². The van der Waals surface area contributed by atoms with Gasteiger partial charge >= 0.3 is 39.5 Å². The Morgan fingerprint density at radius 2 is 0.557 bits per heavy atom. The molecule has 0 amide bonds. The van der Waals surface area contributed by atoms with E-state index in [2.05, 4.69) is 65.8 Å². The van der Waals surface area contributed by atoms with Crippen LogP contribution in [-0.2, 0) is 65.4 Å². The van der Waals surface area contributed by atoms with Crippen LogP contribution in [-0.4, -0.2) is 96.7 Å². The van der Waals surface area contributed by atoms with Crippen molar-refractivity contribution in [2.24, 2.45) is 11.8 Å². The maximum Gasteiger partial charge on any atom is 0.472 e. The molecule has 0 aliphatic carbocycles. The molecule has 2 unspecified atom stereocenters. The molecule has 19 heteroatoms. The SMILES string of the molecule is CCCCCC/C=C\C=C/CCCCCCCC(=O)OC[C@H](COP(=O)(O)OC[C@@H](O)COP(=O)(O)OC[C@@H](COC(=O)CCCCCCCCC(C)C)OC(=O)CCCCCCCCCCCCCC)OC(=O)CCCCCCCCCCCCCCCCCCCCC(C)C. The van der Waals surface area contributed by atoms with E-state index in [1.807, 2.05) is 0 Å². The van der Waals surface area contributed by atoms with Crippen molar-refractivity contribution in [2.45, 2.75) is 400 Å². The number of unbranched alkanes of at least 4 members (excludes halogenated alkanes) is 42. The Hall–Kier alpha value is -2.46. The molecular weight excluding hydrogens is 1270 g/mol. The fourth-order valence-electron chi connectivity index (χ4n) is 11.5. The predicted molar refractivity (Wildman–Crippen MR) is 395 cm³/mol. The zero-order valence-electron chi connectivity index (χ0n) is 62.9. The van der Waals surface area contributed by atoms with E-state index < -0.39 is 97.5 Å². The van der Waals surface area contributed by atoms with Crippen LogP contribution in [0.4, 0.5) is 0 Å². The molecule has 5 atom stereocenters. The lowest BCUT2D eigenvalue weighted by Gasteiger charge is -2.21. The molecule has 0 aromatic carbocycles. The molecule has 0 spiro atoms. The number of carbonyl (C=O) groups excluding carboxylic acids is 4. The third kappa shape index (κ3) is 71.7. The minimum Gasteiger partial charge on any atom is -0.462 e. The van der Waals surface area contributed by atoms with Crippen molar-refractivity contribution < 1.29 is 80.2 Å². The quantitative estimate of drug-likeness (QED) is 0.0169. The van der Waals surface area contributed by atoms with Gasteiger partial charge < -0.3 is 33.8 Å². The maximum atomic E-state index is 13.1. The molecule has 572 valence electrons. The number of ether oxygens (including phenoxy) is 4. The van der Waals surface area contributed by atoms with Gasteiger partial charge in [-0.15, -0.1) is 0 Å². The van der Waals surface area contributed by atoms with Crippen LogP contribution < -0.4 is 0 Å². The summed E-state index contributed by atoms with van der Waals surface area (Å²) >= 11 is 0. The van der Waals surface area contributed by atoms with Gasteiger partial charge in [0.15, 0.2) is 12.2 Å². The lowest BCUT2D eigenvalue weighted by atomic mass is 10.0. The lowest BCUT2D eigenvalue weighted by Crippen LogP contribution is -2.30. The highest BCUT2D eigenvalue weighted by Gasteiger charge is 2.30. The zero-order chi connectivity index (χ0) is 71.4. The van der Waals surface area contributed by atoms with Crippen LogP contribution in [0.15, 0.2) is 24.3 Å². The normalized spacial score (nSPS) is 14.1. The van der Waals surface area contributed by atoms with Gasteiger partial charge in [0.1, 0.15) is 19.3 Å². The number of allylic oxidation sites excluding steroid dienone is 4. The van der Waals surface area contributed by atoms with E-state index >= 15 is 0 Å². The first kappa shape index (κ1) is 94.5. The summed E-state index contributed by atoms with van der Waals surface area (Å²) in [5.41, 5.74) is 0. The van der Waals surface area contributed by atoms with E-state index in [0.29, 0.717) is 31.6 Å². The third-order valence-corrected chi connectivity index (χ3v) is 19.5. The lowest BCUT2D eigenvalue weighted by molar-refractivity contribution is -0.161. The molecule has 0 bridgehead atoms. The number of aliphatic hydroxyl groups is 1. The van der Waals surface area contributed by atoms with Gasteiger partial charge in [-0.05, 0) is 63.2 Å². The molecule has 0 aliphatic rings. The molecule has 0 fully saturated rings. The Morgan fingerprint density at radius 1 is 0.320 bits per heavy atom. The van der Waals surface area contributed by atoms with E-state index in [-0.39, 0.29) is 25.7 Å². The molecule has 0 aromatic rings. The highest BCUT2D eigenvalue weighted by molar-refractivity contribution is 7.47. The number of aliphatic hydroxyl groups excluding tert-OH is 1. The first-order chi connectivity index (χ1) is 46.9. The molecule has 3 N–H and O–H groups in total. The minimum atomic E-state index is -4.97. The number of hydrogen-bond acceptors (Lipinski definition) is 15. The van der Waals surface area contributed by atoms with E-state index in [9.17, 15) is 43.2 Å². The van der Waals surface area contributed by atoms with Crippen LogP contribution in [0.25, 0.3) is 0 Å². The van der Waals surface area contributed by atoms with Crippen LogP contribution >= 0.6 is 15.6 Å². The van der Waals surface area contributed by atoms with Crippen LogP contribution in [0.3, 0.4) is 0 Å². The molecule has 0 aromatic heterocycles. The Labute approximate surface area is 592 Å². The van der Waals surface area contributed by atoms with E-state index in [0.717, 1.165) is 121 Å². The summed E-state index contributed by atoms with van der Waals surface area (Å²) in [7, 11) is -9.92. The Bertz CT molecular complexity index is 1970. The zero-order valence-corrected chi connectivity index (χ0v) is 64.7. The summed E-state index contributed by atoms with van der Waals surface area (Å²) in [5.74, 6) is -0.649. The standard InChI is InChI=1S/C78H148O17P2/c1-7-9-11-13-15-17-19-21-26-30-34-37-41-48-54-60-75(80)88-66-73(94-78(83)63-57-51-43-39-35-31-28-25-23-22-24-27-29-32-36-40-46-52-58-70(3)4)68-92-96(84,85)90-64-72(79)65-91-97(86,87)93-69-74(67-89-76(81)61-55-49-45-44-47-53-59-71(5)6)95-77(82)62-56-50-42-38-33-20-18-16-14-12-10-8-2/h17,19,21,26,70-74,79H,7-16,18,20,22-25,27-69H2,1-6H3,(H,84,85)(H,86,87)/b19-17-,26-21-/t72-,73-,74-/m1/s1. The molecule has 0 heterocycles. The highest BCUT2D eigenvalue weighted by Crippen LogP contribution is 2.45. The second-order valence-electron chi connectivity index (χ2n) is 28.4. The van der Waals surface area contributed by atoms with Gasteiger partial charge in [0.25, 0.3) is 0 Å². The number of phosphoric acid groups is 2. The van der Waals surface area contributed by atoms with Gasteiger partial charge in [-0.1, -0.05) is 329 Å². The molecule has 0 saturated heterocycles. The van der Waals surface area contributed by atoms with Crippen LogP contribution in [0.1, 0.15) is 382 Å².